The lowest BCUT2D eigenvalue weighted by atomic mass is 10.0. The third kappa shape index (κ3) is 7.92. The predicted octanol–water partition coefficient (Wildman–Crippen LogP) is 8.51. The monoisotopic (exact) mass is 643 g/mol. The van der Waals surface area contributed by atoms with Crippen LogP contribution in [0.3, 0.4) is 0 Å². The fourth-order valence-corrected chi connectivity index (χ4v) is 6.39. The Hall–Kier alpha value is -4.28. The van der Waals surface area contributed by atoms with Gasteiger partial charge in [-0.05, 0) is 123 Å². The third-order valence-electron chi connectivity index (χ3n) is 9.02. The topological polar surface area (TPSA) is 88.8 Å². The van der Waals surface area contributed by atoms with E-state index < -0.39 is 11.9 Å². The molecule has 0 saturated heterocycles. The minimum atomic E-state index is -0.896. The van der Waals surface area contributed by atoms with Crippen LogP contribution in [0.25, 0.3) is 10.9 Å². The minimum Gasteiger partial charge on any atom is -0.494 e. The fourth-order valence-electron chi connectivity index (χ4n) is 6.19. The van der Waals surface area contributed by atoms with E-state index in [0.29, 0.717) is 42.5 Å². The van der Waals surface area contributed by atoms with E-state index in [0.717, 1.165) is 65.3 Å². The Labute approximate surface area is 274 Å². The van der Waals surface area contributed by atoms with Crippen LogP contribution in [0.1, 0.15) is 78.5 Å². The van der Waals surface area contributed by atoms with Crippen LogP contribution in [-0.2, 0) is 29.0 Å². The largest absolute Gasteiger partial charge is 0.494 e. The van der Waals surface area contributed by atoms with E-state index in [-0.39, 0.29) is 24.1 Å². The molecule has 0 spiro atoms. The van der Waals surface area contributed by atoms with E-state index >= 15 is 4.39 Å². The van der Waals surface area contributed by atoms with Crippen molar-refractivity contribution in [2.75, 3.05) is 6.61 Å². The Bertz CT molecular complexity index is 1810. The highest BCUT2D eigenvalue weighted by atomic mass is 35.5. The SMILES string of the molecule is Cc1c(Cl)cccc1CCCCOc1ccc(C#Cc2ccc(F)c3c(CCCC(=O)O)c(C)n(CC4(CC(=O)O)CC4)c23)cc1. The first kappa shape index (κ1) is 33.1. The Kier molecular flexibility index (Phi) is 10.4. The first-order chi connectivity index (χ1) is 22.1. The average Bonchev–Trinajstić information content (AvgIpc) is 3.71. The summed E-state index contributed by atoms with van der Waals surface area (Å²) in [6, 6.07) is 16.7. The number of carboxylic acids is 2. The van der Waals surface area contributed by atoms with Gasteiger partial charge in [0.05, 0.1) is 18.5 Å². The van der Waals surface area contributed by atoms with Crippen molar-refractivity contribution >= 4 is 34.4 Å². The number of aromatic nitrogens is 1. The van der Waals surface area contributed by atoms with Crippen LogP contribution < -0.4 is 4.74 Å². The molecule has 46 heavy (non-hydrogen) atoms. The number of unbranched alkanes of at least 4 members (excludes halogenated alkanes) is 1. The zero-order valence-corrected chi connectivity index (χ0v) is 27.1. The molecule has 1 aromatic heterocycles. The molecule has 8 heteroatoms. The normalized spacial score (nSPS) is 13.3. The standard InChI is InChI=1S/C38H39ClFNO5/c1-25-28(8-5-10-32(25)39)7-3-4-22-46-30-17-13-27(14-18-30)12-15-29-16-19-33(40)36-31(9-6-11-34(42)43)26(2)41(37(29)36)24-38(20-21-38)23-35(44)45/h5,8,10,13-14,16-19H,3-4,6-7,9,11,20-24H2,1-2H3,(H,42,43)(H,44,45). The number of hydrogen-bond acceptors (Lipinski definition) is 3. The summed E-state index contributed by atoms with van der Waals surface area (Å²) in [7, 11) is 0. The highest BCUT2D eigenvalue weighted by Crippen LogP contribution is 2.51. The molecule has 0 bridgehead atoms. The maximum Gasteiger partial charge on any atom is 0.303 e. The highest BCUT2D eigenvalue weighted by molar-refractivity contribution is 6.31. The number of halogens is 2. The predicted molar refractivity (Wildman–Crippen MR) is 178 cm³/mol. The van der Waals surface area contributed by atoms with Gasteiger partial charge in [0, 0.05) is 40.2 Å². The van der Waals surface area contributed by atoms with Gasteiger partial charge < -0.3 is 19.5 Å². The van der Waals surface area contributed by atoms with Gasteiger partial charge in [0.25, 0.3) is 0 Å². The summed E-state index contributed by atoms with van der Waals surface area (Å²) >= 11 is 6.23. The zero-order chi connectivity index (χ0) is 32.8. The number of rotatable bonds is 14. The summed E-state index contributed by atoms with van der Waals surface area (Å²) in [5.41, 5.74) is 5.67. The Balaban J connectivity index is 1.32. The molecule has 1 heterocycles. The van der Waals surface area contributed by atoms with Crippen molar-refractivity contribution in [3.8, 4) is 17.6 Å². The third-order valence-corrected chi connectivity index (χ3v) is 9.43. The Morgan fingerprint density at radius 3 is 2.41 bits per heavy atom. The smallest absolute Gasteiger partial charge is 0.303 e. The first-order valence-corrected chi connectivity index (χ1v) is 16.2. The van der Waals surface area contributed by atoms with Gasteiger partial charge in [-0.25, -0.2) is 4.39 Å². The van der Waals surface area contributed by atoms with Crippen LogP contribution in [0.2, 0.25) is 5.02 Å². The molecule has 4 aromatic rings. The van der Waals surface area contributed by atoms with E-state index in [9.17, 15) is 19.8 Å². The molecule has 0 atom stereocenters. The van der Waals surface area contributed by atoms with Crippen molar-refractivity contribution in [3.63, 3.8) is 0 Å². The van der Waals surface area contributed by atoms with Crippen LogP contribution >= 0.6 is 11.6 Å². The summed E-state index contributed by atoms with van der Waals surface area (Å²) in [5, 5.41) is 19.9. The van der Waals surface area contributed by atoms with Crippen molar-refractivity contribution in [2.24, 2.45) is 5.41 Å². The van der Waals surface area contributed by atoms with Gasteiger partial charge in [-0.2, -0.15) is 0 Å². The van der Waals surface area contributed by atoms with E-state index in [4.69, 9.17) is 16.3 Å². The number of nitrogens with zero attached hydrogens (tertiary/aromatic N) is 1. The lowest BCUT2D eigenvalue weighted by Gasteiger charge is -2.17. The molecular formula is C38H39ClFNO5. The molecule has 1 aliphatic rings. The number of aliphatic carboxylic acids is 2. The molecule has 1 saturated carbocycles. The molecule has 240 valence electrons. The summed E-state index contributed by atoms with van der Waals surface area (Å²) in [4.78, 5) is 22.8. The van der Waals surface area contributed by atoms with Gasteiger partial charge in [-0.3, -0.25) is 9.59 Å². The van der Waals surface area contributed by atoms with Crippen molar-refractivity contribution in [2.45, 2.75) is 78.2 Å². The van der Waals surface area contributed by atoms with Crippen LogP contribution in [-0.4, -0.2) is 33.3 Å². The van der Waals surface area contributed by atoms with Crippen molar-refractivity contribution in [1.82, 2.24) is 4.57 Å². The lowest BCUT2D eigenvalue weighted by molar-refractivity contribution is -0.139. The highest BCUT2D eigenvalue weighted by Gasteiger charge is 2.45. The molecule has 0 radical (unpaired) electrons. The molecule has 6 nitrogen and oxygen atoms in total. The van der Waals surface area contributed by atoms with Crippen molar-refractivity contribution < 1.29 is 28.9 Å². The first-order valence-electron chi connectivity index (χ1n) is 15.8. The number of benzene rings is 3. The second kappa shape index (κ2) is 14.4. The Morgan fingerprint density at radius 1 is 0.957 bits per heavy atom. The lowest BCUT2D eigenvalue weighted by Crippen LogP contribution is -2.17. The molecule has 0 aliphatic heterocycles. The molecule has 1 aliphatic carbocycles. The van der Waals surface area contributed by atoms with Crippen molar-refractivity contribution in [3.05, 3.63) is 98.9 Å². The second-order valence-electron chi connectivity index (χ2n) is 12.4. The molecule has 0 amide bonds. The van der Waals surface area contributed by atoms with E-state index in [1.54, 1.807) is 6.07 Å². The van der Waals surface area contributed by atoms with Gasteiger partial charge in [0.15, 0.2) is 0 Å². The minimum absolute atomic E-state index is 0.0153. The van der Waals surface area contributed by atoms with Gasteiger partial charge in [-0.1, -0.05) is 35.6 Å². The number of ether oxygens (including phenoxy) is 1. The quantitative estimate of drug-likeness (QED) is 0.106. The number of aryl methyl sites for hydroxylation is 2. The summed E-state index contributed by atoms with van der Waals surface area (Å²) in [6.45, 7) is 5.00. The molecular weight excluding hydrogens is 605 g/mol. The molecule has 5 rings (SSSR count). The molecule has 1 fully saturated rings. The zero-order valence-electron chi connectivity index (χ0n) is 26.3. The summed E-state index contributed by atoms with van der Waals surface area (Å²) in [5.74, 6) is 5.07. The number of carboxylic acid groups (broad SMARTS) is 2. The number of carbonyl (C=O) groups is 2. The van der Waals surface area contributed by atoms with E-state index in [2.05, 4.69) is 17.9 Å². The fraction of sp³-hybridized carbons (Fsp3) is 0.368. The van der Waals surface area contributed by atoms with Gasteiger partial charge in [-0.15, -0.1) is 0 Å². The van der Waals surface area contributed by atoms with Crippen LogP contribution in [0.5, 0.6) is 5.75 Å². The van der Waals surface area contributed by atoms with E-state index in [1.165, 1.54) is 11.6 Å². The van der Waals surface area contributed by atoms with Crippen LogP contribution in [0.15, 0.2) is 54.6 Å². The van der Waals surface area contributed by atoms with E-state index in [1.807, 2.05) is 54.8 Å². The second-order valence-corrected chi connectivity index (χ2v) is 12.8. The van der Waals surface area contributed by atoms with Gasteiger partial charge >= 0.3 is 11.9 Å². The van der Waals surface area contributed by atoms with Crippen molar-refractivity contribution in [1.29, 1.82) is 0 Å². The summed E-state index contributed by atoms with van der Waals surface area (Å²) < 4.78 is 23.4. The van der Waals surface area contributed by atoms with Crippen LogP contribution in [0, 0.1) is 36.9 Å². The number of hydrogen-bond donors (Lipinski definition) is 2. The van der Waals surface area contributed by atoms with Crippen LogP contribution in [0.4, 0.5) is 4.39 Å². The average molecular weight is 644 g/mol. The Morgan fingerprint density at radius 2 is 1.72 bits per heavy atom. The van der Waals surface area contributed by atoms with Gasteiger partial charge in [0.2, 0.25) is 0 Å². The maximum absolute atomic E-state index is 15.5. The molecule has 2 N–H and O–H groups in total. The number of fused-ring (bicyclic) bond motifs is 1. The van der Waals surface area contributed by atoms with Gasteiger partial charge in [0.1, 0.15) is 11.6 Å². The summed E-state index contributed by atoms with van der Waals surface area (Å²) in [6.07, 6.45) is 5.26. The molecule has 0 unspecified atom stereocenters. The molecule has 3 aromatic carbocycles. The maximum atomic E-state index is 15.5.